The van der Waals surface area contributed by atoms with Crippen LogP contribution < -0.4 is 5.32 Å². The maximum atomic E-state index is 11.1. The van der Waals surface area contributed by atoms with Gasteiger partial charge in [0.15, 0.2) is 0 Å². The van der Waals surface area contributed by atoms with Gasteiger partial charge in [0.05, 0.1) is 32.3 Å². The van der Waals surface area contributed by atoms with Gasteiger partial charge < -0.3 is 19.9 Å². The smallest absolute Gasteiger partial charge is 0.303 e. The molecule has 1 fully saturated rings. The molecule has 2 N–H and O–H groups in total. The van der Waals surface area contributed by atoms with Gasteiger partial charge in [-0.15, -0.1) is 0 Å². The van der Waals surface area contributed by atoms with E-state index in [9.17, 15) is 9.59 Å². The number of carbonyl (C=O) groups is 2. The fourth-order valence-electron chi connectivity index (χ4n) is 1.19. The first-order valence-corrected chi connectivity index (χ1v) is 4.86. The van der Waals surface area contributed by atoms with E-state index in [2.05, 4.69) is 5.32 Å². The Labute approximate surface area is 87.5 Å². The molecule has 6 nitrogen and oxygen atoms in total. The zero-order chi connectivity index (χ0) is 11.1. The van der Waals surface area contributed by atoms with Crippen LogP contribution in [0.5, 0.6) is 0 Å². The second-order valence-electron chi connectivity index (χ2n) is 3.27. The van der Waals surface area contributed by atoms with Crippen LogP contribution in [0, 0.1) is 0 Å². The van der Waals surface area contributed by atoms with Gasteiger partial charge in [-0.25, -0.2) is 0 Å². The Morgan fingerprint density at radius 2 is 2.13 bits per heavy atom. The van der Waals surface area contributed by atoms with Crippen LogP contribution in [0.3, 0.4) is 0 Å². The molecule has 0 radical (unpaired) electrons. The van der Waals surface area contributed by atoms with Crippen LogP contribution in [-0.4, -0.2) is 49.5 Å². The van der Waals surface area contributed by atoms with E-state index in [1.54, 1.807) is 0 Å². The Hall–Kier alpha value is -1.14. The zero-order valence-electron chi connectivity index (χ0n) is 8.40. The first-order valence-electron chi connectivity index (χ1n) is 4.86. The summed E-state index contributed by atoms with van der Waals surface area (Å²) in [6.45, 7) is 1.97. The summed E-state index contributed by atoms with van der Waals surface area (Å²) in [5.41, 5.74) is 0. The van der Waals surface area contributed by atoms with E-state index in [4.69, 9.17) is 14.6 Å². The highest BCUT2D eigenvalue weighted by molar-refractivity contribution is 5.80. The van der Waals surface area contributed by atoms with E-state index in [1.165, 1.54) is 0 Å². The standard InChI is InChI=1S/C9H15NO5/c11-8(1-2-9(12)13)10-5-7-6-14-3-4-15-7/h7H,1-6H2,(H,10,11)(H,12,13). The average molecular weight is 217 g/mol. The third-order valence-corrected chi connectivity index (χ3v) is 1.98. The summed E-state index contributed by atoms with van der Waals surface area (Å²) in [4.78, 5) is 21.3. The molecule has 1 saturated heterocycles. The quantitative estimate of drug-likeness (QED) is 0.641. The summed E-state index contributed by atoms with van der Waals surface area (Å²) >= 11 is 0. The molecule has 0 saturated carbocycles. The number of hydrogen-bond acceptors (Lipinski definition) is 4. The Morgan fingerprint density at radius 3 is 2.73 bits per heavy atom. The van der Waals surface area contributed by atoms with Crippen molar-refractivity contribution in [1.82, 2.24) is 5.32 Å². The third kappa shape index (κ3) is 5.34. The van der Waals surface area contributed by atoms with E-state index in [0.717, 1.165) is 0 Å². The molecule has 1 atom stereocenters. The number of hydrogen-bond donors (Lipinski definition) is 2. The minimum Gasteiger partial charge on any atom is -0.481 e. The van der Waals surface area contributed by atoms with Gasteiger partial charge in [0, 0.05) is 13.0 Å². The van der Waals surface area contributed by atoms with E-state index in [-0.39, 0.29) is 24.9 Å². The number of carbonyl (C=O) groups excluding carboxylic acids is 1. The van der Waals surface area contributed by atoms with Crippen LogP contribution in [0.15, 0.2) is 0 Å². The fraction of sp³-hybridized carbons (Fsp3) is 0.778. The lowest BCUT2D eigenvalue weighted by molar-refractivity contribution is -0.139. The van der Waals surface area contributed by atoms with Crippen molar-refractivity contribution >= 4 is 11.9 Å². The SMILES string of the molecule is O=C(O)CCC(=O)NCC1COCCO1. The second kappa shape index (κ2) is 6.36. The summed E-state index contributed by atoms with van der Waals surface area (Å²) in [6.07, 6.45) is -0.260. The largest absolute Gasteiger partial charge is 0.481 e. The lowest BCUT2D eigenvalue weighted by Gasteiger charge is -2.22. The summed E-state index contributed by atoms with van der Waals surface area (Å²) in [5.74, 6) is -1.24. The van der Waals surface area contributed by atoms with Crippen molar-refractivity contribution in [3.63, 3.8) is 0 Å². The van der Waals surface area contributed by atoms with Gasteiger partial charge in [-0.1, -0.05) is 0 Å². The fourth-order valence-corrected chi connectivity index (χ4v) is 1.19. The molecule has 6 heteroatoms. The Balaban J connectivity index is 2.07. The van der Waals surface area contributed by atoms with Crippen molar-refractivity contribution in [2.75, 3.05) is 26.4 Å². The molecule has 0 aromatic rings. The molecule has 1 aliphatic heterocycles. The predicted molar refractivity (Wildman–Crippen MR) is 50.4 cm³/mol. The summed E-state index contributed by atoms with van der Waals surface area (Å²) in [5, 5.41) is 11.0. The molecule has 0 spiro atoms. The summed E-state index contributed by atoms with van der Waals surface area (Å²) < 4.78 is 10.4. The first-order chi connectivity index (χ1) is 7.18. The highest BCUT2D eigenvalue weighted by Crippen LogP contribution is 1.99. The van der Waals surface area contributed by atoms with Crippen molar-refractivity contribution in [1.29, 1.82) is 0 Å². The zero-order valence-corrected chi connectivity index (χ0v) is 8.40. The Morgan fingerprint density at radius 1 is 1.33 bits per heavy atom. The van der Waals surface area contributed by atoms with Gasteiger partial charge >= 0.3 is 5.97 Å². The second-order valence-corrected chi connectivity index (χ2v) is 3.27. The molecule has 86 valence electrons. The van der Waals surface area contributed by atoms with Gasteiger partial charge in [0.1, 0.15) is 0 Å². The summed E-state index contributed by atoms with van der Waals surface area (Å²) in [6, 6.07) is 0. The predicted octanol–water partition coefficient (Wildman–Crippen LogP) is -0.617. The average Bonchev–Trinajstić information content (AvgIpc) is 2.25. The highest BCUT2D eigenvalue weighted by atomic mass is 16.6. The lowest BCUT2D eigenvalue weighted by Crippen LogP contribution is -2.39. The van der Waals surface area contributed by atoms with E-state index < -0.39 is 5.97 Å². The van der Waals surface area contributed by atoms with E-state index in [0.29, 0.717) is 26.4 Å². The lowest BCUT2D eigenvalue weighted by atomic mass is 10.3. The Kier molecular flexibility index (Phi) is 5.06. The van der Waals surface area contributed by atoms with Crippen molar-refractivity contribution in [3.8, 4) is 0 Å². The topological polar surface area (TPSA) is 84.9 Å². The molecule has 0 aromatic heterocycles. The Bertz CT molecular complexity index is 225. The van der Waals surface area contributed by atoms with Crippen molar-refractivity contribution < 1.29 is 24.2 Å². The van der Waals surface area contributed by atoms with E-state index >= 15 is 0 Å². The number of carboxylic acid groups (broad SMARTS) is 1. The van der Waals surface area contributed by atoms with Crippen molar-refractivity contribution in [3.05, 3.63) is 0 Å². The summed E-state index contributed by atoms with van der Waals surface area (Å²) in [7, 11) is 0. The molecule has 1 rings (SSSR count). The molecule has 0 aromatic carbocycles. The van der Waals surface area contributed by atoms with Gasteiger partial charge in [0.2, 0.25) is 5.91 Å². The van der Waals surface area contributed by atoms with Gasteiger partial charge in [-0.3, -0.25) is 9.59 Å². The van der Waals surface area contributed by atoms with Crippen LogP contribution >= 0.6 is 0 Å². The van der Waals surface area contributed by atoms with Crippen LogP contribution in [0.2, 0.25) is 0 Å². The molecule has 0 bridgehead atoms. The van der Waals surface area contributed by atoms with Crippen LogP contribution in [0.4, 0.5) is 0 Å². The maximum Gasteiger partial charge on any atom is 0.303 e. The number of nitrogens with one attached hydrogen (secondary N) is 1. The minimum atomic E-state index is -0.970. The molecule has 1 amide bonds. The number of aliphatic carboxylic acids is 1. The number of carboxylic acids is 1. The van der Waals surface area contributed by atoms with Gasteiger partial charge in [-0.2, -0.15) is 0 Å². The molecule has 1 unspecified atom stereocenters. The van der Waals surface area contributed by atoms with Crippen LogP contribution in [-0.2, 0) is 19.1 Å². The monoisotopic (exact) mass is 217 g/mol. The molecule has 15 heavy (non-hydrogen) atoms. The van der Waals surface area contributed by atoms with Gasteiger partial charge in [0.25, 0.3) is 0 Å². The molecule has 1 aliphatic rings. The molecular weight excluding hydrogens is 202 g/mol. The first kappa shape index (κ1) is 11.9. The van der Waals surface area contributed by atoms with Gasteiger partial charge in [-0.05, 0) is 0 Å². The van der Waals surface area contributed by atoms with Crippen LogP contribution in [0.25, 0.3) is 0 Å². The molecule has 1 heterocycles. The minimum absolute atomic E-state index is 0.00289. The normalized spacial score (nSPS) is 20.9. The highest BCUT2D eigenvalue weighted by Gasteiger charge is 2.15. The number of rotatable bonds is 5. The number of amides is 1. The molecule has 0 aliphatic carbocycles. The molecular formula is C9H15NO5. The van der Waals surface area contributed by atoms with Crippen LogP contribution in [0.1, 0.15) is 12.8 Å². The third-order valence-electron chi connectivity index (χ3n) is 1.98. The van der Waals surface area contributed by atoms with E-state index in [1.807, 2.05) is 0 Å². The van der Waals surface area contributed by atoms with Crippen molar-refractivity contribution in [2.24, 2.45) is 0 Å². The van der Waals surface area contributed by atoms with Crippen molar-refractivity contribution in [2.45, 2.75) is 18.9 Å². The number of ether oxygens (including phenoxy) is 2. The maximum absolute atomic E-state index is 11.1.